The van der Waals surface area contributed by atoms with Crippen LogP contribution in [-0.4, -0.2) is 37.0 Å². The summed E-state index contributed by atoms with van der Waals surface area (Å²) in [6, 6.07) is 4.60. The molecule has 23 heavy (non-hydrogen) atoms. The number of hydrogen-bond acceptors (Lipinski definition) is 3. The van der Waals surface area contributed by atoms with E-state index in [2.05, 4.69) is 31.3 Å². The van der Waals surface area contributed by atoms with Gasteiger partial charge in [-0.05, 0) is 57.0 Å². The van der Waals surface area contributed by atoms with Crippen LogP contribution < -0.4 is 5.32 Å². The van der Waals surface area contributed by atoms with Crippen molar-refractivity contribution >= 4 is 29.3 Å². The summed E-state index contributed by atoms with van der Waals surface area (Å²) in [7, 11) is 1.97. The number of halogens is 1. The van der Waals surface area contributed by atoms with Crippen molar-refractivity contribution in [3.63, 3.8) is 0 Å². The molecule has 1 aromatic heterocycles. The fourth-order valence-corrected chi connectivity index (χ4v) is 3.19. The number of piperidine rings is 1. The molecule has 1 atom stereocenters. The van der Waals surface area contributed by atoms with Crippen molar-refractivity contribution in [1.29, 1.82) is 0 Å². The Morgan fingerprint density at radius 3 is 2.83 bits per heavy atom. The van der Waals surface area contributed by atoms with Gasteiger partial charge in [-0.25, -0.2) is 0 Å². The van der Waals surface area contributed by atoms with Crippen LogP contribution >= 0.6 is 12.4 Å². The molecular weight excluding hydrogens is 312 g/mol. The number of carbonyl (C=O) groups is 1. The second kappa shape index (κ2) is 7.37. The number of furan rings is 1. The number of likely N-dealkylation sites (N-methyl/N-ethyl adjacent to an activating group) is 1. The fourth-order valence-electron chi connectivity index (χ4n) is 3.19. The molecule has 1 amide bonds. The predicted molar refractivity (Wildman–Crippen MR) is 95.3 cm³/mol. The smallest absolute Gasteiger partial charge is 0.227 e. The van der Waals surface area contributed by atoms with E-state index in [1.165, 1.54) is 11.1 Å². The summed E-state index contributed by atoms with van der Waals surface area (Å²) < 4.78 is 5.63. The molecule has 0 aliphatic carbocycles. The largest absolute Gasteiger partial charge is 0.464 e. The third kappa shape index (κ3) is 3.70. The quantitative estimate of drug-likeness (QED) is 0.936. The first-order valence-corrected chi connectivity index (χ1v) is 8.01. The number of likely N-dealkylation sites (tertiary alicyclic amines) is 1. The van der Waals surface area contributed by atoms with Crippen molar-refractivity contribution in [1.82, 2.24) is 10.2 Å². The maximum atomic E-state index is 12.6. The number of nitrogens with one attached hydrogen (secondary N) is 1. The van der Waals surface area contributed by atoms with Crippen LogP contribution in [0.2, 0.25) is 0 Å². The van der Waals surface area contributed by atoms with Gasteiger partial charge in [0.05, 0.1) is 12.7 Å². The first kappa shape index (κ1) is 17.8. The lowest BCUT2D eigenvalue weighted by Gasteiger charge is -2.32. The van der Waals surface area contributed by atoms with Gasteiger partial charge in [0.15, 0.2) is 0 Å². The first-order chi connectivity index (χ1) is 10.6. The van der Waals surface area contributed by atoms with Crippen molar-refractivity contribution < 1.29 is 9.21 Å². The summed E-state index contributed by atoms with van der Waals surface area (Å²) in [6.45, 7) is 5.84. The molecule has 4 nitrogen and oxygen atoms in total. The monoisotopic (exact) mass is 336 g/mol. The van der Waals surface area contributed by atoms with Gasteiger partial charge >= 0.3 is 0 Å². The Balaban J connectivity index is 0.00000192. The van der Waals surface area contributed by atoms with Crippen LogP contribution in [0.1, 0.15) is 29.5 Å². The number of fused-ring (bicyclic) bond motifs is 1. The molecular formula is C18H25ClN2O2. The van der Waals surface area contributed by atoms with Crippen LogP contribution in [-0.2, 0) is 11.2 Å². The summed E-state index contributed by atoms with van der Waals surface area (Å²) in [5.74, 6) is 0.195. The van der Waals surface area contributed by atoms with Crippen LogP contribution in [0.4, 0.5) is 0 Å². The molecule has 1 aliphatic rings. The molecule has 1 fully saturated rings. The molecule has 0 bridgehead atoms. The Morgan fingerprint density at radius 2 is 2.09 bits per heavy atom. The summed E-state index contributed by atoms with van der Waals surface area (Å²) >= 11 is 0. The molecule has 0 saturated carbocycles. The lowest BCUT2D eigenvalue weighted by atomic mass is 10.0. The highest BCUT2D eigenvalue weighted by atomic mass is 35.5. The normalized spacial score (nSPS) is 18.0. The van der Waals surface area contributed by atoms with Gasteiger partial charge in [0, 0.05) is 30.1 Å². The van der Waals surface area contributed by atoms with E-state index in [1.807, 2.05) is 11.9 Å². The molecule has 0 radical (unpaired) electrons. The summed E-state index contributed by atoms with van der Waals surface area (Å²) in [4.78, 5) is 14.6. The van der Waals surface area contributed by atoms with Gasteiger partial charge in [0.25, 0.3) is 0 Å². The molecule has 1 saturated heterocycles. The first-order valence-electron chi connectivity index (χ1n) is 8.01. The van der Waals surface area contributed by atoms with Gasteiger partial charge in [-0.1, -0.05) is 0 Å². The van der Waals surface area contributed by atoms with Crippen molar-refractivity contribution in [3.8, 4) is 0 Å². The maximum Gasteiger partial charge on any atom is 0.227 e. The van der Waals surface area contributed by atoms with E-state index in [1.54, 1.807) is 6.26 Å². The third-order valence-electron chi connectivity index (χ3n) is 4.79. The Bertz CT molecular complexity index is 696. The Hall–Kier alpha value is -1.52. The van der Waals surface area contributed by atoms with E-state index in [4.69, 9.17) is 4.42 Å². The van der Waals surface area contributed by atoms with Gasteiger partial charge in [0.1, 0.15) is 5.58 Å². The van der Waals surface area contributed by atoms with Crippen LogP contribution in [0.5, 0.6) is 0 Å². The van der Waals surface area contributed by atoms with E-state index in [0.29, 0.717) is 12.5 Å². The zero-order chi connectivity index (χ0) is 15.7. The number of carbonyl (C=O) groups excluding carboxylic acids is 1. The highest BCUT2D eigenvalue weighted by Gasteiger charge is 2.23. The van der Waals surface area contributed by atoms with Crippen molar-refractivity contribution in [2.45, 2.75) is 39.2 Å². The van der Waals surface area contributed by atoms with E-state index >= 15 is 0 Å². The van der Waals surface area contributed by atoms with Crippen LogP contribution in [0.3, 0.4) is 0 Å². The van der Waals surface area contributed by atoms with Crippen LogP contribution in [0, 0.1) is 13.8 Å². The van der Waals surface area contributed by atoms with Gasteiger partial charge in [-0.3, -0.25) is 4.79 Å². The molecule has 2 aromatic rings. The summed E-state index contributed by atoms with van der Waals surface area (Å²) in [6.07, 6.45) is 4.38. The minimum absolute atomic E-state index is 0. The van der Waals surface area contributed by atoms with Crippen LogP contribution in [0.25, 0.3) is 11.0 Å². The van der Waals surface area contributed by atoms with Crippen LogP contribution in [0.15, 0.2) is 22.8 Å². The maximum absolute atomic E-state index is 12.6. The molecule has 0 spiro atoms. The molecule has 1 aromatic carbocycles. The van der Waals surface area contributed by atoms with Gasteiger partial charge in [-0.2, -0.15) is 0 Å². The zero-order valence-electron chi connectivity index (χ0n) is 14.0. The van der Waals surface area contributed by atoms with Crippen molar-refractivity contribution in [3.05, 3.63) is 35.1 Å². The number of nitrogens with zero attached hydrogens (tertiary/aromatic N) is 1. The predicted octanol–water partition coefficient (Wildman–Crippen LogP) is 3.22. The highest BCUT2D eigenvalue weighted by Crippen LogP contribution is 2.25. The summed E-state index contributed by atoms with van der Waals surface area (Å²) in [5, 5.41) is 4.35. The van der Waals surface area contributed by atoms with Gasteiger partial charge < -0.3 is 14.6 Å². The molecule has 1 N–H and O–H groups in total. The number of aryl methyl sites for hydroxylation is 2. The SMILES string of the molecule is CNC1CCCN(C(=O)Cc2coc3cc(C)c(C)cc23)C1.Cl. The minimum Gasteiger partial charge on any atom is -0.464 e. The average molecular weight is 337 g/mol. The van der Waals surface area contributed by atoms with Crippen molar-refractivity contribution in [2.24, 2.45) is 0 Å². The molecule has 5 heteroatoms. The second-order valence-electron chi connectivity index (χ2n) is 6.34. The average Bonchev–Trinajstić information content (AvgIpc) is 2.90. The summed E-state index contributed by atoms with van der Waals surface area (Å²) in [5.41, 5.74) is 4.32. The van der Waals surface area contributed by atoms with E-state index in [-0.39, 0.29) is 18.3 Å². The third-order valence-corrected chi connectivity index (χ3v) is 4.79. The van der Waals surface area contributed by atoms with E-state index < -0.39 is 0 Å². The topological polar surface area (TPSA) is 45.5 Å². The number of benzene rings is 1. The fraction of sp³-hybridized carbons (Fsp3) is 0.500. The van der Waals surface area contributed by atoms with E-state index in [0.717, 1.165) is 42.5 Å². The lowest BCUT2D eigenvalue weighted by molar-refractivity contribution is -0.131. The standard InChI is InChI=1S/C18H24N2O2.ClH/c1-12-7-16-14(11-22-17(16)8-13(12)2)9-18(21)20-6-4-5-15(10-20)19-3;/h7-8,11,15,19H,4-6,9-10H2,1-3H3;1H. The van der Waals surface area contributed by atoms with E-state index in [9.17, 15) is 4.79 Å². The molecule has 1 aliphatic heterocycles. The van der Waals surface area contributed by atoms with Crippen molar-refractivity contribution in [2.75, 3.05) is 20.1 Å². The number of amides is 1. The molecule has 126 valence electrons. The Kier molecular flexibility index (Phi) is 5.71. The Morgan fingerprint density at radius 1 is 1.35 bits per heavy atom. The zero-order valence-corrected chi connectivity index (χ0v) is 14.8. The molecule has 3 rings (SSSR count). The highest BCUT2D eigenvalue weighted by molar-refractivity contribution is 5.88. The number of hydrogen-bond donors (Lipinski definition) is 1. The lowest BCUT2D eigenvalue weighted by Crippen LogP contribution is -2.47. The molecule has 2 heterocycles. The van der Waals surface area contributed by atoms with Gasteiger partial charge in [0.2, 0.25) is 5.91 Å². The number of rotatable bonds is 3. The minimum atomic E-state index is 0. The second-order valence-corrected chi connectivity index (χ2v) is 6.34. The molecule has 1 unspecified atom stereocenters. The van der Waals surface area contributed by atoms with Gasteiger partial charge in [-0.15, -0.1) is 12.4 Å². The Labute approximate surface area is 143 Å².